The molecule has 2 rings (SSSR count). The van der Waals surface area contributed by atoms with Gasteiger partial charge >= 0.3 is 0 Å². The summed E-state index contributed by atoms with van der Waals surface area (Å²) in [4.78, 5) is 16.9. The highest BCUT2D eigenvalue weighted by Crippen LogP contribution is 2.21. The number of aryl methyl sites for hydroxylation is 3. The first-order valence-corrected chi connectivity index (χ1v) is 7.63. The summed E-state index contributed by atoms with van der Waals surface area (Å²) in [5, 5.41) is 8.23. The molecule has 1 N–H and O–H groups in total. The molecule has 2 aromatic heterocycles. The van der Waals surface area contributed by atoms with E-state index in [1.54, 1.807) is 4.68 Å². The number of unbranched alkanes of at least 4 members (excludes halogenated alkanes) is 3. The van der Waals surface area contributed by atoms with E-state index in [1.165, 1.54) is 12.8 Å². The second kappa shape index (κ2) is 6.70. The molecule has 2 heterocycles. The predicted molar refractivity (Wildman–Crippen MR) is 84.5 cm³/mol. The summed E-state index contributed by atoms with van der Waals surface area (Å²) in [7, 11) is 1.86. The number of nitrogens with zero attached hydrogens (tertiary/aromatic N) is 3. The average Bonchev–Trinajstić information content (AvgIpc) is 2.72. The van der Waals surface area contributed by atoms with Gasteiger partial charge in [0.15, 0.2) is 5.65 Å². The summed E-state index contributed by atoms with van der Waals surface area (Å²) in [6, 6.07) is 1.85. The van der Waals surface area contributed by atoms with Crippen molar-refractivity contribution in [2.24, 2.45) is 7.05 Å². The quantitative estimate of drug-likeness (QED) is 0.831. The van der Waals surface area contributed by atoms with Crippen LogP contribution in [0.15, 0.2) is 6.07 Å². The lowest BCUT2D eigenvalue weighted by atomic mass is 10.1. The Morgan fingerprint density at radius 2 is 2.05 bits per heavy atom. The summed E-state index contributed by atoms with van der Waals surface area (Å²) in [6.45, 7) is 6.72. The molecular formula is C16H24N4O. The molecule has 0 aromatic carbocycles. The number of rotatable bonds is 6. The number of hydrogen-bond donors (Lipinski definition) is 1. The van der Waals surface area contributed by atoms with Crippen LogP contribution in [0.5, 0.6) is 0 Å². The van der Waals surface area contributed by atoms with Gasteiger partial charge in [0.2, 0.25) is 0 Å². The van der Waals surface area contributed by atoms with Crippen LogP contribution < -0.4 is 5.32 Å². The van der Waals surface area contributed by atoms with E-state index in [4.69, 9.17) is 0 Å². The number of fused-ring (bicyclic) bond motifs is 1. The van der Waals surface area contributed by atoms with Gasteiger partial charge in [0.1, 0.15) is 0 Å². The zero-order valence-electron chi connectivity index (χ0n) is 13.4. The third-order valence-corrected chi connectivity index (χ3v) is 3.66. The van der Waals surface area contributed by atoms with Crippen molar-refractivity contribution in [3.63, 3.8) is 0 Å². The van der Waals surface area contributed by atoms with Crippen molar-refractivity contribution in [3.8, 4) is 0 Å². The number of nitrogens with one attached hydrogen (secondary N) is 1. The number of carbonyl (C=O) groups is 1. The van der Waals surface area contributed by atoms with E-state index < -0.39 is 0 Å². The van der Waals surface area contributed by atoms with Crippen LogP contribution in [0.25, 0.3) is 11.0 Å². The number of pyridine rings is 1. The molecule has 0 aliphatic rings. The normalized spacial score (nSPS) is 11.0. The molecule has 0 bridgehead atoms. The molecule has 0 saturated carbocycles. The molecule has 114 valence electrons. The maximum atomic E-state index is 12.4. The van der Waals surface area contributed by atoms with Crippen molar-refractivity contribution in [3.05, 3.63) is 23.0 Å². The second-order valence-electron chi connectivity index (χ2n) is 5.54. The minimum absolute atomic E-state index is 0.0295. The van der Waals surface area contributed by atoms with Gasteiger partial charge in [-0.15, -0.1) is 0 Å². The van der Waals surface area contributed by atoms with E-state index >= 15 is 0 Å². The van der Waals surface area contributed by atoms with Crippen molar-refractivity contribution < 1.29 is 4.79 Å². The standard InChI is InChI=1S/C16H24N4O/c1-5-6-7-8-9-17-16(21)13-10-11(2)18-15-14(13)12(3)19-20(15)4/h10H,5-9H2,1-4H3,(H,17,21). The Kier molecular flexibility index (Phi) is 4.94. The summed E-state index contributed by atoms with van der Waals surface area (Å²) in [5.41, 5.74) is 3.12. The first-order valence-electron chi connectivity index (χ1n) is 7.63. The number of aromatic nitrogens is 3. The Labute approximate surface area is 125 Å². The lowest BCUT2D eigenvalue weighted by Crippen LogP contribution is -2.25. The van der Waals surface area contributed by atoms with E-state index in [9.17, 15) is 4.79 Å². The van der Waals surface area contributed by atoms with Crippen molar-refractivity contribution in [1.29, 1.82) is 0 Å². The maximum Gasteiger partial charge on any atom is 0.252 e. The second-order valence-corrected chi connectivity index (χ2v) is 5.54. The Hall–Kier alpha value is -1.91. The first kappa shape index (κ1) is 15.5. The molecule has 0 spiro atoms. The smallest absolute Gasteiger partial charge is 0.252 e. The molecule has 5 heteroatoms. The lowest BCUT2D eigenvalue weighted by Gasteiger charge is -2.07. The van der Waals surface area contributed by atoms with Gasteiger partial charge in [0, 0.05) is 19.3 Å². The van der Waals surface area contributed by atoms with Gasteiger partial charge in [0.25, 0.3) is 5.91 Å². The van der Waals surface area contributed by atoms with E-state index in [1.807, 2.05) is 27.0 Å². The Balaban J connectivity index is 2.19. The van der Waals surface area contributed by atoms with Crippen LogP contribution in [0.4, 0.5) is 0 Å². The van der Waals surface area contributed by atoms with Gasteiger partial charge < -0.3 is 5.32 Å². The molecule has 5 nitrogen and oxygen atoms in total. The Morgan fingerprint density at radius 1 is 1.29 bits per heavy atom. The van der Waals surface area contributed by atoms with Crippen LogP contribution in [0.3, 0.4) is 0 Å². The molecule has 0 atom stereocenters. The SMILES string of the molecule is CCCCCCNC(=O)c1cc(C)nc2c1c(C)nn2C. The molecule has 1 amide bonds. The summed E-state index contributed by atoms with van der Waals surface area (Å²) < 4.78 is 1.73. The van der Waals surface area contributed by atoms with Crippen LogP contribution in [0.2, 0.25) is 0 Å². The van der Waals surface area contributed by atoms with Crippen LogP contribution in [-0.4, -0.2) is 27.2 Å². The van der Waals surface area contributed by atoms with E-state index in [2.05, 4.69) is 22.3 Å². The molecule has 0 radical (unpaired) electrons. The average molecular weight is 288 g/mol. The van der Waals surface area contributed by atoms with Crippen molar-refractivity contribution in [2.45, 2.75) is 46.5 Å². The van der Waals surface area contributed by atoms with Gasteiger partial charge in [-0.3, -0.25) is 9.48 Å². The predicted octanol–water partition coefficient (Wildman–Crippen LogP) is 2.90. The van der Waals surface area contributed by atoms with E-state index in [0.717, 1.165) is 41.8 Å². The van der Waals surface area contributed by atoms with Gasteiger partial charge in [0.05, 0.1) is 16.6 Å². The highest BCUT2D eigenvalue weighted by atomic mass is 16.1. The molecular weight excluding hydrogens is 264 g/mol. The highest BCUT2D eigenvalue weighted by molar-refractivity contribution is 6.06. The fourth-order valence-electron chi connectivity index (χ4n) is 2.60. The van der Waals surface area contributed by atoms with E-state index in [0.29, 0.717) is 5.56 Å². The minimum Gasteiger partial charge on any atom is -0.352 e. The van der Waals surface area contributed by atoms with Gasteiger partial charge in [-0.25, -0.2) is 4.98 Å². The summed E-state index contributed by atoms with van der Waals surface area (Å²) >= 11 is 0. The molecule has 0 saturated heterocycles. The molecule has 21 heavy (non-hydrogen) atoms. The largest absolute Gasteiger partial charge is 0.352 e. The number of amides is 1. The van der Waals surface area contributed by atoms with Crippen molar-refractivity contribution >= 4 is 16.9 Å². The molecule has 0 unspecified atom stereocenters. The minimum atomic E-state index is -0.0295. The van der Waals surface area contributed by atoms with Crippen LogP contribution in [-0.2, 0) is 7.05 Å². The Morgan fingerprint density at radius 3 is 2.76 bits per heavy atom. The van der Waals surface area contributed by atoms with Gasteiger partial charge in [-0.05, 0) is 26.3 Å². The lowest BCUT2D eigenvalue weighted by molar-refractivity contribution is 0.0954. The molecule has 2 aromatic rings. The van der Waals surface area contributed by atoms with Gasteiger partial charge in [-0.2, -0.15) is 5.10 Å². The van der Waals surface area contributed by atoms with Crippen molar-refractivity contribution in [1.82, 2.24) is 20.1 Å². The molecule has 0 fully saturated rings. The fourth-order valence-corrected chi connectivity index (χ4v) is 2.60. The van der Waals surface area contributed by atoms with Crippen LogP contribution in [0, 0.1) is 13.8 Å². The van der Waals surface area contributed by atoms with E-state index in [-0.39, 0.29) is 5.91 Å². The monoisotopic (exact) mass is 288 g/mol. The number of carbonyl (C=O) groups excluding carboxylic acids is 1. The van der Waals surface area contributed by atoms with Crippen molar-refractivity contribution in [2.75, 3.05) is 6.54 Å². The Bertz CT molecular complexity index is 645. The maximum absolute atomic E-state index is 12.4. The highest BCUT2D eigenvalue weighted by Gasteiger charge is 2.17. The fraction of sp³-hybridized carbons (Fsp3) is 0.562. The third-order valence-electron chi connectivity index (χ3n) is 3.66. The van der Waals surface area contributed by atoms with Crippen LogP contribution >= 0.6 is 0 Å². The van der Waals surface area contributed by atoms with Gasteiger partial charge in [-0.1, -0.05) is 26.2 Å². The summed E-state index contributed by atoms with van der Waals surface area (Å²) in [5.74, 6) is -0.0295. The molecule has 0 aliphatic heterocycles. The third kappa shape index (κ3) is 3.40. The van der Waals surface area contributed by atoms with Crippen LogP contribution in [0.1, 0.15) is 54.4 Å². The zero-order chi connectivity index (χ0) is 15.4. The first-order chi connectivity index (χ1) is 10.0. The summed E-state index contributed by atoms with van der Waals surface area (Å²) in [6.07, 6.45) is 4.61. The zero-order valence-corrected chi connectivity index (χ0v) is 13.4. The topological polar surface area (TPSA) is 59.8 Å². The molecule has 0 aliphatic carbocycles. The number of hydrogen-bond acceptors (Lipinski definition) is 3.